The normalized spacial score (nSPS) is 16.4. The fourth-order valence-corrected chi connectivity index (χ4v) is 3.24. The highest BCUT2D eigenvalue weighted by molar-refractivity contribution is 5.78. The molecule has 7 nitrogen and oxygen atoms in total. The lowest BCUT2D eigenvalue weighted by atomic mass is 10.2. The van der Waals surface area contributed by atoms with Crippen LogP contribution in [0, 0.1) is 5.82 Å². The van der Waals surface area contributed by atoms with Crippen molar-refractivity contribution in [3.05, 3.63) is 48.3 Å². The lowest BCUT2D eigenvalue weighted by Crippen LogP contribution is -2.51. The highest BCUT2D eigenvalue weighted by Gasteiger charge is 2.18. The summed E-state index contributed by atoms with van der Waals surface area (Å²) in [6.07, 6.45) is 0. The predicted molar refractivity (Wildman–Crippen MR) is 105 cm³/mol. The first-order valence-electron chi connectivity index (χ1n) is 9.27. The highest BCUT2D eigenvalue weighted by Crippen LogP contribution is 2.35. The van der Waals surface area contributed by atoms with Gasteiger partial charge in [-0.05, 0) is 36.4 Å². The molecule has 0 unspecified atom stereocenters. The van der Waals surface area contributed by atoms with E-state index in [4.69, 9.17) is 19.9 Å². The second-order valence-electron chi connectivity index (χ2n) is 6.55. The van der Waals surface area contributed by atoms with Gasteiger partial charge in [0.2, 0.25) is 6.79 Å². The van der Waals surface area contributed by atoms with Gasteiger partial charge in [-0.3, -0.25) is 0 Å². The van der Waals surface area contributed by atoms with Crippen molar-refractivity contribution in [2.45, 2.75) is 0 Å². The number of guanidine groups is 1. The SMILES string of the molecule is NC(=NCCOc1ccc2c(c1)OCO2)N1CCN(c2ccc(F)cc2)CC1. The number of hydrogen-bond acceptors (Lipinski definition) is 5. The molecule has 0 atom stereocenters. The van der Waals surface area contributed by atoms with E-state index >= 15 is 0 Å². The van der Waals surface area contributed by atoms with Gasteiger partial charge in [-0.1, -0.05) is 0 Å². The molecule has 2 aromatic carbocycles. The average Bonchev–Trinajstić information content (AvgIpc) is 3.20. The molecule has 2 aliphatic rings. The fourth-order valence-electron chi connectivity index (χ4n) is 3.24. The van der Waals surface area contributed by atoms with Crippen LogP contribution in [0.3, 0.4) is 0 Å². The van der Waals surface area contributed by atoms with Gasteiger partial charge in [0.25, 0.3) is 0 Å². The summed E-state index contributed by atoms with van der Waals surface area (Å²) in [6.45, 7) is 4.32. The molecule has 0 aromatic heterocycles. The zero-order valence-corrected chi connectivity index (χ0v) is 15.5. The molecule has 28 heavy (non-hydrogen) atoms. The second kappa shape index (κ2) is 8.24. The lowest BCUT2D eigenvalue weighted by Gasteiger charge is -2.36. The largest absolute Gasteiger partial charge is 0.492 e. The van der Waals surface area contributed by atoms with E-state index in [1.54, 1.807) is 12.1 Å². The molecule has 0 amide bonds. The maximum absolute atomic E-state index is 13.1. The van der Waals surface area contributed by atoms with Gasteiger partial charge >= 0.3 is 0 Å². The van der Waals surface area contributed by atoms with Crippen LogP contribution in [0.4, 0.5) is 10.1 Å². The third kappa shape index (κ3) is 4.21. The maximum Gasteiger partial charge on any atom is 0.231 e. The standard InChI is InChI=1S/C20H23FN4O3/c21-15-1-3-16(4-2-15)24-8-10-25(11-9-24)20(22)23-7-12-26-17-5-6-18-19(13-17)28-14-27-18/h1-6,13H,7-12,14H2,(H2,22,23). The summed E-state index contributed by atoms with van der Waals surface area (Å²) in [5, 5.41) is 0. The minimum absolute atomic E-state index is 0.221. The summed E-state index contributed by atoms with van der Waals surface area (Å²) in [7, 11) is 0. The van der Waals surface area contributed by atoms with Gasteiger partial charge in [0.1, 0.15) is 18.2 Å². The van der Waals surface area contributed by atoms with E-state index in [1.165, 1.54) is 12.1 Å². The van der Waals surface area contributed by atoms with Gasteiger partial charge < -0.3 is 29.7 Å². The van der Waals surface area contributed by atoms with Crippen molar-refractivity contribution in [1.82, 2.24) is 4.90 Å². The quantitative estimate of drug-likeness (QED) is 0.482. The Hall–Kier alpha value is -3.16. The first-order valence-corrected chi connectivity index (χ1v) is 9.27. The summed E-state index contributed by atoms with van der Waals surface area (Å²) >= 11 is 0. The van der Waals surface area contributed by atoms with E-state index in [-0.39, 0.29) is 12.6 Å². The van der Waals surface area contributed by atoms with Crippen LogP contribution in [0.1, 0.15) is 0 Å². The van der Waals surface area contributed by atoms with E-state index in [0.717, 1.165) is 37.6 Å². The molecule has 2 heterocycles. The van der Waals surface area contributed by atoms with Crippen molar-refractivity contribution in [3.63, 3.8) is 0 Å². The predicted octanol–water partition coefficient (Wildman–Crippen LogP) is 2.07. The zero-order chi connectivity index (χ0) is 19.3. The van der Waals surface area contributed by atoms with Crippen LogP contribution in [0.5, 0.6) is 17.2 Å². The number of rotatable bonds is 5. The van der Waals surface area contributed by atoms with Crippen molar-refractivity contribution in [2.75, 3.05) is 51.0 Å². The molecule has 0 saturated carbocycles. The molecule has 2 N–H and O–H groups in total. The first kappa shape index (κ1) is 18.2. The molecular weight excluding hydrogens is 363 g/mol. The van der Waals surface area contributed by atoms with Crippen LogP contribution < -0.4 is 24.8 Å². The Morgan fingerprint density at radius 3 is 2.57 bits per heavy atom. The molecule has 0 radical (unpaired) electrons. The number of piperazine rings is 1. The van der Waals surface area contributed by atoms with Crippen LogP contribution in [-0.2, 0) is 0 Å². The number of nitrogens with zero attached hydrogens (tertiary/aromatic N) is 3. The second-order valence-corrected chi connectivity index (χ2v) is 6.55. The summed E-state index contributed by atoms with van der Waals surface area (Å²) in [6, 6.07) is 12.1. The fraction of sp³-hybridized carbons (Fsp3) is 0.350. The number of nitrogens with two attached hydrogens (primary N) is 1. The third-order valence-corrected chi connectivity index (χ3v) is 4.77. The van der Waals surface area contributed by atoms with E-state index in [9.17, 15) is 4.39 Å². The van der Waals surface area contributed by atoms with Crippen LogP contribution in [0.2, 0.25) is 0 Å². The Morgan fingerprint density at radius 2 is 1.79 bits per heavy atom. The van der Waals surface area contributed by atoms with E-state index in [2.05, 4.69) is 14.8 Å². The van der Waals surface area contributed by atoms with Crippen LogP contribution in [0.25, 0.3) is 0 Å². The molecular formula is C20H23FN4O3. The Bertz CT molecular complexity index is 836. The van der Waals surface area contributed by atoms with Crippen molar-refractivity contribution in [2.24, 2.45) is 10.7 Å². The van der Waals surface area contributed by atoms with Crippen molar-refractivity contribution < 1.29 is 18.6 Å². The topological polar surface area (TPSA) is 72.5 Å². The van der Waals surface area contributed by atoms with Crippen LogP contribution in [0.15, 0.2) is 47.5 Å². The maximum atomic E-state index is 13.1. The molecule has 1 saturated heterocycles. The van der Waals surface area contributed by atoms with Crippen molar-refractivity contribution in [1.29, 1.82) is 0 Å². The molecule has 0 bridgehead atoms. The Morgan fingerprint density at radius 1 is 1.04 bits per heavy atom. The number of fused-ring (bicyclic) bond motifs is 1. The Balaban J connectivity index is 1.22. The number of anilines is 1. The Kier molecular flexibility index (Phi) is 5.36. The highest BCUT2D eigenvalue weighted by atomic mass is 19.1. The molecule has 4 rings (SSSR count). The first-order chi connectivity index (χ1) is 13.7. The molecule has 2 aromatic rings. The summed E-state index contributed by atoms with van der Waals surface area (Å²) in [5.74, 6) is 2.44. The summed E-state index contributed by atoms with van der Waals surface area (Å²) < 4.78 is 29.4. The van der Waals surface area contributed by atoms with Crippen molar-refractivity contribution >= 4 is 11.6 Å². The van der Waals surface area contributed by atoms with Gasteiger partial charge in [-0.15, -0.1) is 0 Å². The summed E-state index contributed by atoms with van der Waals surface area (Å²) in [4.78, 5) is 8.69. The average molecular weight is 386 g/mol. The van der Waals surface area contributed by atoms with Gasteiger partial charge in [-0.2, -0.15) is 0 Å². The molecule has 1 fully saturated rings. The minimum atomic E-state index is -0.221. The van der Waals surface area contributed by atoms with Gasteiger partial charge in [-0.25, -0.2) is 9.38 Å². The van der Waals surface area contributed by atoms with E-state index < -0.39 is 0 Å². The van der Waals surface area contributed by atoms with Gasteiger partial charge in [0, 0.05) is 37.9 Å². The van der Waals surface area contributed by atoms with Crippen molar-refractivity contribution in [3.8, 4) is 17.2 Å². The minimum Gasteiger partial charge on any atom is -0.492 e. The number of aliphatic imine (C=N–C) groups is 1. The monoisotopic (exact) mass is 386 g/mol. The smallest absolute Gasteiger partial charge is 0.231 e. The number of ether oxygens (including phenoxy) is 3. The third-order valence-electron chi connectivity index (χ3n) is 4.77. The zero-order valence-electron chi connectivity index (χ0n) is 15.5. The number of hydrogen-bond donors (Lipinski definition) is 1. The molecule has 2 aliphatic heterocycles. The Labute approximate surface area is 163 Å². The number of halogens is 1. The lowest BCUT2D eigenvalue weighted by molar-refractivity contribution is 0.173. The van der Waals surface area contributed by atoms with E-state index in [0.29, 0.717) is 30.6 Å². The van der Waals surface area contributed by atoms with Crippen LogP contribution in [-0.4, -0.2) is 57.0 Å². The van der Waals surface area contributed by atoms with Crippen LogP contribution >= 0.6 is 0 Å². The molecule has 8 heteroatoms. The van der Waals surface area contributed by atoms with Gasteiger partial charge in [0.05, 0.1) is 6.54 Å². The van der Waals surface area contributed by atoms with Gasteiger partial charge in [0.15, 0.2) is 17.5 Å². The molecule has 0 spiro atoms. The number of benzene rings is 2. The van der Waals surface area contributed by atoms with E-state index in [1.807, 2.05) is 18.2 Å². The molecule has 148 valence electrons. The summed E-state index contributed by atoms with van der Waals surface area (Å²) in [5.41, 5.74) is 7.14. The molecule has 0 aliphatic carbocycles.